The maximum atomic E-state index is 12.1. The van der Waals surface area contributed by atoms with Gasteiger partial charge in [-0.2, -0.15) is 0 Å². The van der Waals surface area contributed by atoms with Crippen molar-refractivity contribution in [1.82, 2.24) is 10.2 Å². The number of carboxylic acid groups (broad SMARTS) is 1. The lowest BCUT2D eigenvalue weighted by molar-refractivity contribution is -0.150. The second kappa shape index (κ2) is 7.44. The Balaban J connectivity index is 2.49. The molecule has 1 heterocycles. The average Bonchev–Trinajstić information content (AvgIpc) is 2.43. The van der Waals surface area contributed by atoms with Crippen molar-refractivity contribution in [2.24, 2.45) is 5.41 Å². The van der Waals surface area contributed by atoms with Gasteiger partial charge in [-0.1, -0.05) is 0 Å². The number of carboxylic acids is 1. The van der Waals surface area contributed by atoms with E-state index in [2.05, 4.69) is 5.32 Å². The van der Waals surface area contributed by atoms with Crippen LogP contribution in [0.3, 0.4) is 0 Å². The first-order valence-electron chi connectivity index (χ1n) is 6.71. The molecule has 0 aromatic carbocycles. The summed E-state index contributed by atoms with van der Waals surface area (Å²) in [5, 5.41) is 12.0. The van der Waals surface area contributed by atoms with Crippen molar-refractivity contribution in [3.63, 3.8) is 0 Å². The SMILES string of the molecule is COCC(CNC(=O)N1CCCC(C)(C(=O)O)C1)OC. The summed E-state index contributed by atoms with van der Waals surface area (Å²) in [6.07, 6.45) is 1.08. The Labute approximate surface area is 119 Å². The average molecular weight is 288 g/mol. The predicted molar refractivity (Wildman–Crippen MR) is 72.6 cm³/mol. The zero-order valence-electron chi connectivity index (χ0n) is 12.3. The van der Waals surface area contributed by atoms with Crippen LogP contribution in [0.2, 0.25) is 0 Å². The minimum Gasteiger partial charge on any atom is -0.481 e. The monoisotopic (exact) mass is 288 g/mol. The molecule has 0 saturated carbocycles. The van der Waals surface area contributed by atoms with Gasteiger partial charge < -0.3 is 24.8 Å². The molecule has 2 atom stereocenters. The summed E-state index contributed by atoms with van der Waals surface area (Å²) in [7, 11) is 3.12. The van der Waals surface area contributed by atoms with Crippen LogP contribution in [-0.4, -0.2) is 68.6 Å². The van der Waals surface area contributed by atoms with E-state index in [4.69, 9.17) is 9.47 Å². The van der Waals surface area contributed by atoms with E-state index in [1.54, 1.807) is 26.0 Å². The highest BCUT2D eigenvalue weighted by molar-refractivity contribution is 5.78. The Bertz CT molecular complexity index is 350. The first-order valence-corrected chi connectivity index (χ1v) is 6.71. The summed E-state index contributed by atoms with van der Waals surface area (Å²) >= 11 is 0. The highest BCUT2D eigenvalue weighted by atomic mass is 16.5. The fraction of sp³-hybridized carbons (Fsp3) is 0.846. The van der Waals surface area contributed by atoms with Crippen LogP contribution in [0.5, 0.6) is 0 Å². The molecule has 0 aromatic rings. The molecule has 7 nitrogen and oxygen atoms in total. The number of carbonyl (C=O) groups is 2. The van der Waals surface area contributed by atoms with Gasteiger partial charge in [0.15, 0.2) is 0 Å². The Kier molecular flexibility index (Phi) is 6.22. The van der Waals surface area contributed by atoms with Gasteiger partial charge in [0.1, 0.15) is 0 Å². The normalized spacial score (nSPS) is 24.2. The molecule has 0 aliphatic carbocycles. The molecular formula is C13H24N2O5. The number of hydrogen-bond acceptors (Lipinski definition) is 4. The number of aliphatic carboxylic acids is 1. The molecule has 0 aromatic heterocycles. The number of likely N-dealkylation sites (tertiary alicyclic amines) is 1. The third-order valence-electron chi connectivity index (χ3n) is 3.67. The second-order valence-electron chi connectivity index (χ2n) is 5.39. The van der Waals surface area contributed by atoms with Crippen molar-refractivity contribution >= 4 is 12.0 Å². The number of methoxy groups -OCH3 is 2. The van der Waals surface area contributed by atoms with Gasteiger partial charge in [-0.15, -0.1) is 0 Å². The number of ether oxygens (including phenoxy) is 2. The van der Waals surface area contributed by atoms with E-state index in [0.717, 1.165) is 0 Å². The number of hydrogen-bond donors (Lipinski definition) is 2. The Morgan fingerprint density at radius 2 is 2.15 bits per heavy atom. The molecule has 116 valence electrons. The topological polar surface area (TPSA) is 88.1 Å². The molecule has 0 bridgehead atoms. The van der Waals surface area contributed by atoms with Gasteiger partial charge in [0.05, 0.1) is 18.1 Å². The lowest BCUT2D eigenvalue weighted by Gasteiger charge is -2.37. The highest BCUT2D eigenvalue weighted by Crippen LogP contribution is 2.29. The number of nitrogens with zero attached hydrogens (tertiary/aromatic N) is 1. The van der Waals surface area contributed by atoms with Crippen LogP contribution in [0.15, 0.2) is 0 Å². The van der Waals surface area contributed by atoms with Crippen molar-refractivity contribution in [2.75, 3.05) is 40.5 Å². The predicted octanol–water partition coefficient (Wildman–Crippen LogP) is 0.544. The largest absolute Gasteiger partial charge is 0.481 e. The third kappa shape index (κ3) is 4.35. The fourth-order valence-electron chi connectivity index (χ4n) is 2.30. The van der Waals surface area contributed by atoms with E-state index in [0.29, 0.717) is 32.5 Å². The van der Waals surface area contributed by atoms with Crippen LogP contribution >= 0.6 is 0 Å². The van der Waals surface area contributed by atoms with Crippen LogP contribution in [0.25, 0.3) is 0 Å². The van der Waals surface area contributed by atoms with Crippen molar-refractivity contribution in [2.45, 2.75) is 25.9 Å². The molecule has 1 saturated heterocycles. The van der Waals surface area contributed by atoms with Crippen LogP contribution < -0.4 is 5.32 Å². The number of piperidine rings is 1. The minimum absolute atomic E-state index is 0.209. The van der Waals surface area contributed by atoms with E-state index < -0.39 is 11.4 Å². The number of nitrogens with one attached hydrogen (secondary N) is 1. The summed E-state index contributed by atoms with van der Waals surface area (Å²) < 4.78 is 10.1. The van der Waals surface area contributed by atoms with Crippen molar-refractivity contribution in [3.05, 3.63) is 0 Å². The summed E-state index contributed by atoms with van der Waals surface area (Å²) in [6.45, 7) is 3.22. The molecule has 1 fully saturated rings. The lowest BCUT2D eigenvalue weighted by atomic mass is 9.82. The molecule has 1 aliphatic rings. The van der Waals surface area contributed by atoms with Gasteiger partial charge >= 0.3 is 12.0 Å². The molecule has 0 radical (unpaired) electrons. The first-order chi connectivity index (χ1) is 9.42. The first kappa shape index (κ1) is 16.7. The van der Waals surface area contributed by atoms with E-state index in [-0.39, 0.29) is 18.7 Å². The molecule has 7 heteroatoms. The number of rotatable bonds is 6. The quantitative estimate of drug-likeness (QED) is 0.745. The summed E-state index contributed by atoms with van der Waals surface area (Å²) in [5.41, 5.74) is -0.858. The number of carbonyl (C=O) groups excluding carboxylic acids is 1. The second-order valence-corrected chi connectivity index (χ2v) is 5.39. The van der Waals surface area contributed by atoms with E-state index in [9.17, 15) is 14.7 Å². The van der Waals surface area contributed by atoms with Gasteiger partial charge in [-0.25, -0.2) is 4.79 Å². The third-order valence-corrected chi connectivity index (χ3v) is 3.67. The molecule has 20 heavy (non-hydrogen) atoms. The van der Waals surface area contributed by atoms with Crippen LogP contribution in [0.1, 0.15) is 19.8 Å². The Hall–Kier alpha value is -1.34. The van der Waals surface area contributed by atoms with Gasteiger partial charge in [-0.05, 0) is 19.8 Å². The molecular weight excluding hydrogens is 264 g/mol. The van der Waals surface area contributed by atoms with Gasteiger partial charge in [-0.3, -0.25) is 4.79 Å². The van der Waals surface area contributed by atoms with Crippen molar-refractivity contribution < 1.29 is 24.2 Å². The van der Waals surface area contributed by atoms with Crippen LogP contribution in [0, 0.1) is 5.41 Å². The van der Waals surface area contributed by atoms with Crippen LogP contribution in [0.4, 0.5) is 4.79 Å². The fourth-order valence-corrected chi connectivity index (χ4v) is 2.30. The molecule has 2 amide bonds. The summed E-state index contributed by atoms with van der Waals surface area (Å²) in [5.74, 6) is -0.857. The van der Waals surface area contributed by atoms with Crippen molar-refractivity contribution in [3.8, 4) is 0 Å². The van der Waals surface area contributed by atoms with Gasteiger partial charge in [0.2, 0.25) is 0 Å². The van der Waals surface area contributed by atoms with E-state index in [1.165, 1.54) is 0 Å². The lowest BCUT2D eigenvalue weighted by Crippen LogP contribution is -2.52. The zero-order chi connectivity index (χ0) is 15.2. The maximum Gasteiger partial charge on any atom is 0.317 e. The van der Waals surface area contributed by atoms with Crippen molar-refractivity contribution in [1.29, 1.82) is 0 Å². The molecule has 0 spiro atoms. The van der Waals surface area contributed by atoms with Crippen LogP contribution in [-0.2, 0) is 14.3 Å². The zero-order valence-corrected chi connectivity index (χ0v) is 12.3. The molecule has 1 rings (SSSR count). The number of urea groups is 1. The summed E-state index contributed by atoms with van der Waals surface area (Å²) in [6, 6.07) is -0.254. The highest BCUT2D eigenvalue weighted by Gasteiger charge is 2.39. The van der Waals surface area contributed by atoms with E-state index >= 15 is 0 Å². The Morgan fingerprint density at radius 1 is 1.45 bits per heavy atom. The molecule has 2 unspecified atom stereocenters. The minimum atomic E-state index is -0.858. The van der Waals surface area contributed by atoms with E-state index in [1.807, 2.05) is 0 Å². The summed E-state index contributed by atoms with van der Waals surface area (Å²) in [4.78, 5) is 24.9. The smallest absolute Gasteiger partial charge is 0.317 e. The van der Waals surface area contributed by atoms with Gasteiger partial charge in [0, 0.05) is 33.9 Å². The molecule has 2 N–H and O–H groups in total. The van der Waals surface area contributed by atoms with Gasteiger partial charge in [0.25, 0.3) is 0 Å². The maximum absolute atomic E-state index is 12.1. The Morgan fingerprint density at radius 3 is 2.70 bits per heavy atom. The molecule has 1 aliphatic heterocycles. The number of amides is 2. The standard InChI is InChI=1S/C13H24N2O5/c1-13(11(16)17)5-4-6-15(9-13)12(18)14-7-10(20-3)8-19-2/h10H,4-9H2,1-3H3,(H,14,18)(H,16,17).